The predicted octanol–water partition coefficient (Wildman–Crippen LogP) is 3.72. The fourth-order valence-corrected chi connectivity index (χ4v) is 3.18. The Morgan fingerprint density at radius 3 is 2.95 bits per heavy atom. The molecule has 0 radical (unpaired) electrons. The van der Waals surface area contributed by atoms with E-state index in [1.165, 1.54) is 12.8 Å². The van der Waals surface area contributed by atoms with Crippen molar-refractivity contribution in [2.24, 2.45) is 5.92 Å². The molecule has 1 amide bonds. The Morgan fingerprint density at radius 2 is 2.32 bits per heavy atom. The van der Waals surface area contributed by atoms with Crippen LogP contribution in [0.3, 0.4) is 0 Å². The number of hydrogen-bond acceptors (Lipinski definition) is 2. The number of methoxy groups -OCH3 is 1. The molecule has 104 valence electrons. The molecular formula is C15H20BrNO2. The van der Waals surface area contributed by atoms with E-state index in [1.807, 2.05) is 23.1 Å². The van der Waals surface area contributed by atoms with Gasteiger partial charge in [0.2, 0.25) is 0 Å². The van der Waals surface area contributed by atoms with Gasteiger partial charge in [-0.2, -0.15) is 0 Å². The van der Waals surface area contributed by atoms with Crippen molar-refractivity contribution in [1.29, 1.82) is 0 Å². The van der Waals surface area contributed by atoms with E-state index >= 15 is 0 Å². The summed E-state index contributed by atoms with van der Waals surface area (Å²) in [5.74, 6) is 1.56. The van der Waals surface area contributed by atoms with E-state index < -0.39 is 0 Å². The molecule has 4 heteroatoms. The molecule has 0 aromatic heterocycles. The molecule has 1 aliphatic heterocycles. The van der Waals surface area contributed by atoms with Gasteiger partial charge < -0.3 is 9.64 Å². The molecule has 1 fully saturated rings. The summed E-state index contributed by atoms with van der Waals surface area (Å²) in [4.78, 5) is 14.4. The number of carbonyl (C=O) groups is 1. The van der Waals surface area contributed by atoms with Crippen LogP contribution in [0.4, 0.5) is 0 Å². The highest BCUT2D eigenvalue weighted by molar-refractivity contribution is 9.10. The van der Waals surface area contributed by atoms with Crippen LogP contribution in [0.5, 0.6) is 5.75 Å². The van der Waals surface area contributed by atoms with Crippen molar-refractivity contribution < 1.29 is 9.53 Å². The Bertz CT molecular complexity index is 461. The normalized spacial score (nSPS) is 18.7. The number of hydrogen-bond donors (Lipinski definition) is 0. The smallest absolute Gasteiger partial charge is 0.253 e. The molecule has 2 rings (SSSR count). The lowest BCUT2D eigenvalue weighted by atomic mass is 10.0. The monoisotopic (exact) mass is 325 g/mol. The molecule has 0 saturated carbocycles. The fourth-order valence-electron chi connectivity index (χ4n) is 2.64. The van der Waals surface area contributed by atoms with Crippen LogP contribution in [0.2, 0.25) is 0 Å². The second kappa shape index (κ2) is 6.42. The molecule has 1 unspecified atom stereocenters. The first-order valence-electron chi connectivity index (χ1n) is 6.78. The molecule has 0 spiro atoms. The Kier molecular flexibility index (Phi) is 4.86. The number of likely N-dealkylation sites (tertiary alicyclic amines) is 1. The van der Waals surface area contributed by atoms with Crippen LogP contribution in [0.1, 0.15) is 36.5 Å². The van der Waals surface area contributed by atoms with Crippen molar-refractivity contribution >= 4 is 21.8 Å². The minimum absolute atomic E-state index is 0.127. The topological polar surface area (TPSA) is 29.5 Å². The molecule has 1 saturated heterocycles. The maximum atomic E-state index is 12.4. The average Bonchev–Trinajstić information content (AvgIpc) is 2.87. The molecule has 1 aromatic carbocycles. The van der Waals surface area contributed by atoms with Gasteiger partial charge >= 0.3 is 0 Å². The average molecular weight is 326 g/mol. The molecule has 0 bridgehead atoms. The third-order valence-corrected chi connectivity index (χ3v) is 4.29. The van der Waals surface area contributed by atoms with Crippen LogP contribution in [-0.2, 0) is 0 Å². The summed E-state index contributed by atoms with van der Waals surface area (Å²) in [5, 5.41) is 0. The lowest BCUT2D eigenvalue weighted by Crippen LogP contribution is -2.28. The first-order valence-corrected chi connectivity index (χ1v) is 7.57. The Labute approximate surface area is 123 Å². The van der Waals surface area contributed by atoms with Gasteiger partial charge in [-0.05, 0) is 52.9 Å². The first kappa shape index (κ1) is 14.4. The summed E-state index contributed by atoms with van der Waals surface area (Å²) in [5.41, 5.74) is 0.727. The van der Waals surface area contributed by atoms with Gasteiger partial charge in [0.25, 0.3) is 5.91 Å². The van der Waals surface area contributed by atoms with Crippen molar-refractivity contribution in [2.75, 3.05) is 20.2 Å². The van der Waals surface area contributed by atoms with Gasteiger partial charge in [0.1, 0.15) is 5.75 Å². The zero-order valence-corrected chi connectivity index (χ0v) is 13.1. The van der Waals surface area contributed by atoms with Gasteiger partial charge in [-0.3, -0.25) is 4.79 Å². The van der Waals surface area contributed by atoms with Gasteiger partial charge in [0.15, 0.2) is 0 Å². The maximum absolute atomic E-state index is 12.4. The number of amides is 1. The van der Waals surface area contributed by atoms with E-state index in [0.717, 1.165) is 35.3 Å². The van der Waals surface area contributed by atoms with Crippen molar-refractivity contribution in [3.05, 3.63) is 28.2 Å². The summed E-state index contributed by atoms with van der Waals surface area (Å²) in [6.45, 7) is 3.98. The lowest BCUT2D eigenvalue weighted by molar-refractivity contribution is 0.0786. The highest BCUT2D eigenvalue weighted by atomic mass is 79.9. The summed E-state index contributed by atoms with van der Waals surface area (Å²) in [7, 11) is 1.62. The second-order valence-corrected chi connectivity index (χ2v) is 5.90. The molecule has 1 atom stereocenters. The van der Waals surface area contributed by atoms with E-state index in [-0.39, 0.29) is 5.91 Å². The van der Waals surface area contributed by atoms with Gasteiger partial charge in [-0.15, -0.1) is 0 Å². The summed E-state index contributed by atoms with van der Waals surface area (Å²) in [6.07, 6.45) is 3.55. The summed E-state index contributed by atoms with van der Waals surface area (Å²) in [6, 6.07) is 5.50. The zero-order valence-electron chi connectivity index (χ0n) is 11.5. The van der Waals surface area contributed by atoms with Crippen LogP contribution in [0, 0.1) is 5.92 Å². The molecule has 1 aromatic rings. The van der Waals surface area contributed by atoms with E-state index in [2.05, 4.69) is 22.9 Å². The highest BCUT2D eigenvalue weighted by Crippen LogP contribution is 2.28. The SMILES string of the molecule is CCCC1CCN(C(=O)c2ccc(OC)c(Br)c2)C1. The Morgan fingerprint density at radius 1 is 1.53 bits per heavy atom. The van der Waals surface area contributed by atoms with Crippen molar-refractivity contribution in [3.8, 4) is 5.75 Å². The molecular weight excluding hydrogens is 306 g/mol. The molecule has 19 heavy (non-hydrogen) atoms. The zero-order chi connectivity index (χ0) is 13.8. The Hall–Kier alpha value is -1.03. The molecule has 1 aliphatic rings. The number of ether oxygens (including phenoxy) is 1. The standard InChI is InChI=1S/C15H20BrNO2/c1-3-4-11-7-8-17(10-11)15(18)12-5-6-14(19-2)13(16)9-12/h5-6,9,11H,3-4,7-8,10H2,1-2H3. The van der Waals surface area contributed by atoms with E-state index in [1.54, 1.807) is 7.11 Å². The third kappa shape index (κ3) is 3.30. The van der Waals surface area contributed by atoms with Gasteiger partial charge in [0.05, 0.1) is 11.6 Å². The summed E-state index contributed by atoms with van der Waals surface area (Å²) < 4.78 is 6.01. The maximum Gasteiger partial charge on any atom is 0.253 e. The number of carbonyl (C=O) groups excluding carboxylic acids is 1. The molecule has 1 heterocycles. The van der Waals surface area contributed by atoms with Gasteiger partial charge in [0, 0.05) is 18.7 Å². The quantitative estimate of drug-likeness (QED) is 0.844. The van der Waals surface area contributed by atoms with E-state index in [4.69, 9.17) is 4.74 Å². The molecule has 0 aliphatic carbocycles. The number of rotatable bonds is 4. The number of nitrogens with zero attached hydrogens (tertiary/aromatic N) is 1. The minimum atomic E-state index is 0.127. The number of benzene rings is 1. The van der Waals surface area contributed by atoms with Crippen LogP contribution in [-0.4, -0.2) is 31.0 Å². The lowest BCUT2D eigenvalue weighted by Gasteiger charge is -2.17. The van der Waals surface area contributed by atoms with Crippen LogP contribution < -0.4 is 4.74 Å². The van der Waals surface area contributed by atoms with Crippen LogP contribution in [0.25, 0.3) is 0 Å². The van der Waals surface area contributed by atoms with Crippen molar-refractivity contribution in [1.82, 2.24) is 4.90 Å². The van der Waals surface area contributed by atoms with E-state index in [0.29, 0.717) is 5.92 Å². The van der Waals surface area contributed by atoms with Gasteiger partial charge in [-0.1, -0.05) is 13.3 Å². The van der Waals surface area contributed by atoms with Crippen molar-refractivity contribution in [3.63, 3.8) is 0 Å². The second-order valence-electron chi connectivity index (χ2n) is 5.04. The largest absolute Gasteiger partial charge is 0.496 e. The van der Waals surface area contributed by atoms with Gasteiger partial charge in [-0.25, -0.2) is 0 Å². The Balaban J connectivity index is 2.06. The number of halogens is 1. The third-order valence-electron chi connectivity index (χ3n) is 3.67. The van der Waals surface area contributed by atoms with Crippen LogP contribution in [0.15, 0.2) is 22.7 Å². The van der Waals surface area contributed by atoms with E-state index in [9.17, 15) is 4.79 Å². The molecule has 3 nitrogen and oxygen atoms in total. The first-order chi connectivity index (χ1) is 9.15. The summed E-state index contributed by atoms with van der Waals surface area (Å²) >= 11 is 3.43. The predicted molar refractivity (Wildman–Crippen MR) is 79.6 cm³/mol. The molecule has 0 N–H and O–H groups in total. The minimum Gasteiger partial charge on any atom is -0.496 e. The van der Waals surface area contributed by atoms with Crippen LogP contribution >= 0.6 is 15.9 Å². The highest BCUT2D eigenvalue weighted by Gasteiger charge is 2.26. The van der Waals surface area contributed by atoms with Crippen molar-refractivity contribution in [2.45, 2.75) is 26.2 Å². The fraction of sp³-hybridized carbons (Fsp3) is 0.533.